The fraction of sp³-hybridized carbons (Fsp3) is 0.417. The summed E-state index contributed by atoms with van der Waals surface area (Å²) in [6.07, 6.45) is 1.83. The molecule has 0 saturated carbocycles. The standard InChI is InChI=1S/C12H14Cl2N2O/c13-9-4-3-8(10(14)6-9)7-16-5-1-2-11(16)12(15)17/h3-4,6,11H,1-2,5,7H2,(H2,15,17). The number of carbonyl (C=O) groups excluding carboxylic acids is 1. The topological polar surface area (TPSA) is 46.3 Å². The summed E-state index contributed by atoms with van der Waals surface area (Å²) in [5.74, 6) is -0.257. The number of likely N-dealkylation sites (tertiary alicyclic amines) is 1. The second-order valence-corrected chi connectivity index (χ2v) is 5.11. The van der Waals surface area contributed by atoms with E-state index in [0.29, 0.717) is 16.6 Å². The van der Waals surface area contributed by atoms with E-state index in [1.165, 1.54) is 0 Å². The number of halogens is 2. The van der Waals surface area contributed by atoms with Gasteiger partial charge >= 0.3 is 0 Å². The second-order valence-electron chi connectivity index (χ2n) is 4.27. The summed E-state index contributed by atoms with van der Waals surface area (Å²) in [6.45, 7) is 1.52. The highest BCUT2D eigenvalue weighted by Gasteiger charge is 2.29. The Morgan fingerprint density at radius 2 is 2.24 bits per heavy atom. The molecule has 0 radical (unpaired) electrons. The molecule has 0 bridgehead atoms. The average Bonchev–Trinajstić information content (AvgIpc) is 2.70. The Kier molecular flexibility index (Phi) is 3.92. The minimum Gasteiger partial charge on any atom is -0.368 e. The zero-order valence-electron chi connectivity index (χ0n) is 9.33. The van der Waals surface area contributed by atoms with Crippen LogP contribution in [0.5, 0.6) is 0 Å². The van der Waals surface area contributed by atoms with Crippen LogP contribution in [-0.4, -0.2) is 23.4 Å². The second kappa shape index (κ2) is 5.25. The van der Waals surface area contributed by atoms with Gasteiger partial charge in [0.15, 0.2) is 0 Å². The first-order chi connectivity index (χ1) is 8.08. The third-order valence-electron chi connectivity index (χ3n) is 3.08. The van der Waals surface area contributed by atoms with Gasteiger partial charge < -0.3 is 5.73 Å². The lowest BCUT2D eigenvalue weighted by molar-refractivity contribution is -0.122. The van der Waals surface area contributed by atoms with Crippen LogP contribution in [0.2, 0.25) is 10.0 Å². The van der Waals surface area contributed by atoms with Crippen molar-refractivity contribution in [3.63, 3.8) is 0 Å². The Hall–Kier alpha value is -0.770. The van der Waals surface area contributed by atoms with Crippen LogP contribution in [0.1, 0.15) is 18.4 Å². The molecule has 1 unspecified atom stereocenters. The van der Waals surface area contributed by atoms with E-state index in [4.69, 9.17) is 28.9 Å². The van der Waals surface area contributed by atoms with Crippen molar-refractivity contribution >= 4 is 29.1 Å². The van der Waals surface area contributed by atoms with Crippen molar-refractivity contribution in [2.24, 2.45) is 5.73 Å². The maximum atomic E-state index is 11.3. The number of hydrogen-bond acceptors (Lipinski definition) is 2. The van der Waals surface area contributed by atoms with Crippen LogP contribution < -0.4 is 5.73 Å². The average molecular weight is 273 g/mol. The number of nitrogens with zero attached hydrogens (tertiary/aromatic N) is 1. The smallest absolute Gasteiger partial charge is 0.234 e. The minimum absolute atomic E-state index is 0.165. The first kappa shape index (κ1) is 12.7. The lowest BCUT2D eigenvalue weighted by Crippen LogP contribution is -2.39. The molecule has 2 rings (SSSR count). The molecule has 1 aliphatic rings. The molecule has 1 saturated heterocycles. The van der Waals surface area contributed by atoms with E-state index in [1.54, 1.807) is 12.1 Å². The minimum atomic E-state index is -0.257. The summed E-state index contributed by atoms with van der Waals surface area (Å²) in [6, 6.07) is 5.24. The Bertz CT molecular complexity index is 437. The first-order valence-electron chi connectivity index (χ1n) is 5.55. The largest absolute Gasteiger partial charge is 0.368 e. The zero-order chi connectivity index (χ0) is 12.4. The number of hydrogen-bond donors (Lipinski definition) is 1. The Labute approximate surface area is 110 Å². The number of primary amides is 1. The van der Waals surface area contributed by atoms with Gasteiger partial charge in [-0.1, -0.05) is 29.3 Å². The molecule has 2 N–H and O–H groups in total. The zero-order valence-corrected chi connectivity index (χ0v) is 10.8. The van der Waals surface area contributed by atoms with Gasteiger partial charge in [-0.05, 0) is 37.1 Å². The molecular formula is C12H14Cl2N2O. The van der Waals surface area contributed by atoms with Crippen molar-refractivity contribution in [1.82, 2.24) is 4.90 Å². The van der Waals surface area contributed by atoms with Gasteiger partial charge in [-0.2, -0.15) is 0 Å². The van der Waals surface area contributed by atoms with Crippen molar-refractivity contribution in [2.75, 3.05) is 6.54 Å². The molecule has 1 amide bonds. The van der Waals surface area contributed by atoms with Gasteiger partial charge in [-0.25, -0.2) is 0 Å². The molecule has 1 aromatic rings. The molecular weight excluding hydrogens is 259 g/mol. The molecule has 17 heavy (non-hydrogen) atoms. The molecule has 0 spiro atoms. The number of rotatable bonds is 3. The summed E-state index contributed by atoms with van der Waals surface area (Å²) in [4.78, 5) is 13.3. The predicted octanol–water partition coefficient (Wildman–Crippen LogP) is 2.44. The van der Waals surface area contributed by atoms with Gasteiger partial charge in [-0.15, -0.1) is 0 Å². The fourth-order valence-electron chi connectivity index (χ4n) is 2.21. The maximum Gasteiger partial charge on any atom is 0.234 e. The van der Waals surface area contributed by atoms with Gasteiger partial charge in [0, 0.05) is 16.6 Å². The summed E-state index contributed by atoms with van der Waals surface area (Å²) in [7, 11) is 0. The Morgan fingerprint density at radius 3 is 2.88 bits per heavy atom. The van der Waals surface area contributed by atoms with E-state index >= 15 is 0 Å². The van der Waals surface area contributed by atoms with Crippen molar-refractivity contribution in [3.8, 4) is 0 Å². The molecule has 1 aliphatic heterocycles. The summed E-state index contributed by atoms with van der Waals surface area (Å²) in [5.41, 5.74) is 6.35. The van der Waals surface area contributed by atoms with Crippen molar-refractivity contribution in [1.29, 1.82) is 0 Å². The first-order valence-corrected chi connectivity index (χ1v) is 6.31. The van der Waals surface area contributed by atoms with Crippen LogP contribution in [0.15, 0.2) is 18.2 Å². The van der Waals surface area contributed by atoms with Gasteiger partial charge in [0.25, 0.3) is 0 Å². The molecule has 92 valence electrons. The summed E-state index contributed by atoms with van der Waals surface area (Å²) in [5, 5.41) is 1.25. The van der Waals surface area contributed by atoms with E-state index in [9.17, 15) is 4.79 Å². The number of carbonyl (C=O) groups is 1. The molecule has 3 nitrogen and oxygen atoms in total. The molecule has 1 atom stereocenters. The molecule has 5 heteroatoms. The van der Waals surface area contributed by atoms with E-state index < -0.39 is 0 Å². The van der Waals surface area contributed by atoms with Crippen molar-refractivity contribution < 1.29 is 4.79 Å². The Morgan fingerprint density at radius 1 is 1.47 bits per heavy atom. The van der Waals surface area contributed by atoms with Crippen LogP contribution in [0.25, 0.3) is 0 Å². The van der Waals surface area contributed by atoms with E-state index in [-0.39, 0.29) is 11.9 Å². The van der Waals surface area contributed by atoms with Crippen LogP contribution in [0, 0.1) is 0 Å². The van der Waals surface area contributed by atoms with E-state index in [2.05, 4.69) is 4.90 Å². The van der Waals surface area contributed by atoms with Crippen molar-refractivity contribution in [3.05, 3.63) is 33.8 Å². The quantitative estimate of drug-likeness (QED) is 0.919. The molecule has 1 heterocycles. The summed E-state index contributed by atoms with van der Waals surface area (Å²) >= 11 is 11.9. The van der Waals surface area contributed by atoms with Gasteiger partial charge in [0.1, 0.15) is 0 Å². The van der Waals surface area contributed by atoms with Crippen LogP contribution in [0.3, 0.4) is 0 Å². The van der Waals surface area contributed by atoms with Gasteiger partial charge in [0.2, 0.25) is 5.91 Å². The molecule has 1 fully saturated rings. The fourth-order valence-corrected chi connectivity index (χ4v) is 2.67. The van der Waals surface area contributed by atoms with E-state index in [0.717, 1.165) is 24.9 Å². The van der Waals surface area contributed by atoms with E-state index in [1.807, 2.05) is 6.07 Å². The number of nitrogens with two attached hydrogens (primary N) is 1. The number of amides is 1. The van der Waals surface area contributed by atoms with Crippen molar-refractivity contribution in [2.45, 2.75) is 25.4 Å². The van der Waals surface area contributed by atoms with Crippen LogP contribution in [-0.2, 0) is 11.3 Å². The predicted molar refractivity (Wildman–Crippen MR) is 69.1 cm³/mol. The highest BCUT2D eigenvalue weighted by Crippen LogP contribution is 2.25. The Balaban J connectivity index is 2.12. The highest BCUT2D eigenvalue weighted by atomic mass is 35.5. The molecule has 1 aromatic carbocycles. The SMILES string of the molecule is NC(=O)C1CCCN1Cc1ccc(Cl)cc1Cl. The molecule has 0 aliphatic carbocycles. The lowest BCUT2D eigenvalue weighted by atomic mass is 10.1. The third-order valence-corrected chi connectivity index (χ3v) is 3.67. The summed E-state index contributed by atoms with van der Waals surface area (Å²) < 4.78 is 0. The maximum absolute atomic E-state index is 11.3. The number of benzene rings is 1. The molecule has 0 aromatic heterocycles. The normalized spacial score (nSPS) is 20.7. The van der Waals surface area contributed by atoms with Gasteiger partial charge in [0.05, 0.1) is 6.04 Å². The van der Waals surface area contributed by atoms with Crippen LogP contribution >= 0.6 is 23.2 Å². The third kappa shape index (κ3) is 2.92. The highest BCUT2D eigenvalue weighted by molar-refractivity contribution is 6.35. The lowest BCUT2D eigenvalue weighted by Gasteiger charge is -2.22. The monoisotopic (exact) mass is 272 g/mol. The van der Waals surface area contributed by atoms with Gasteiger partial charge in [-0.3, -0.25) is 9.69 Å². The van der Waals surface area contributed by atoms with Crippen LogP contribution in [0.4, 0.5) is 0 Å².